The Bertz CT molecular complexity index is 624. The number of hydrogen-bond acceptors (Lipinski definition) is 6. The maximum atomic E-state index is 12.7. The average Bonchev–Trinajstić information content (AvgIpc) is 2.52. The standard InChI is InChI=1S/C19H28NO6.Al.2H/c1-6-24-17(22)11-15-7-9-16(10-8-15)12-20(14(2)25-13-21)18(23)26-19(3,4)5;;;/h7-10,21H,6,11-13H2,1-5H3;;;. The van der Waals surface area contributed by atoms with E-state index in [0.717, 1.165) is 11.1 Å². The van der Waals surface area contributed by atoms with E-state index in [0.29, 0.717) is 22.9 Å². The molecule has 0 aliphatic heterocycles. The highest BCUT2D eigenvalue weighted by atomic mass is 27.0. The third-order valence-electron chi connectivity index (χ3n) is 3.70. The maximum Gasteiger partial charge on any atom is 0.411 e. The lowest BCUT2D eigenvalue weighted by molar-refractivity contribution is -0.142. The van der Waals surface area contributed by atoms with E-state index in [2.05, 4.69) is 0 Å². The Morgan fingerprint density at radius 1 is 1.11 bits per heavy atom. The third-order valence-corrected chi connectivity index (χ3v) is 4.53. The molecule has 0 spiro atoms. The quantitative estimate of drug-likeness (QED) is 0.410. The normalized spacial score (nSPS) is 13.6. The predicted molar refractivity (Wildman–Crippen MR) is 104 cm³/mol. The number of benzene rings is 1. The Morgan fingerprint density at radius 3 is 2.15 bits per heavy atom. The van der Waals surface area contributed by atoms with Gasteiger partial charge in [0, 0.05) is 0 Å². The first-order chi connectivity index (χ1) is 12.5. The molecule has 0 radical (unpaired) electrons. The van der Waals surface area contributed by atoms with E-state index in [9.17, 15) is 14.7 Å². The minimum absolute atomic E-state index is 0.204. The van der Waals surface area contributed by atoms with Gasteiger partial charge >= 0.3 is 12.1 Å². The second-order valence-electron chi connectivity index (χ2n) is 7.58. The van der Waals surface area contributed by atoms with Gasteiger partial charge in [0.25, 0.3) is 16.3 Å². The Labute approximate surface area is 169 Å². The van der Waals surface area contributed by atoms with Crippen molar-refractivity contribution in [2.24, 2.45) is 0 Å². The molecule has 0 aromatic heterocycles. The van der Waals surface area contributed by atoms with Crippen LogP contribution in [-0.2, 0) is 32.0 Å². The molecule has 1 N–H and O–H groups in total. The van der Waals surface area contributed by atoms with Gasteiger partial charge in [0.15, 0.2) is 0 Å². The summed E-state index contributed by atoms with van der Waals surface area (Å²) in [6, 6.07) is 7.36. The zero-order valence-corrected chi connectivity index (χ0v) is 19.1. The summed E-state index contributed by atoms with van der Waals surface area (Å²) in [6.07, 6.45) is -0.306. The second-order valence-corrected chi connectivity index (χ2v) is 9.44. The van der Waals surface area contributed by atoms with Gasteiger partial charge in [-0.05, 0) is 45.7 Å². The fraction of sp³-hybridized carbons (Fsp3) is 0.579. The second kappa shape index (κ2) is 10.1. The molecular weight excluding hydrogens is 365 g/mol. The summed E-state index contributed by atoms with van der Waals surface area (Å²) in [6.45, 7) is 9.03. The van der Waals surface area contributed by atoms with Crippen LogP contribution in [0.25, 0.3) is 0 Å². The molecule has 1 unspecified atom stereocenters. The topological polar surface area (TPSA) is 85.3 Å². The number of nitrogens with zero attached hydrogens (tertiary/aromatic N) is 1. The molecule has 1 aromatic carbocycles. The molecule has 1 amide bonds. The van der Waals surface area contributed by atoms with E-state index in [4.69, 9.17) is 14.2 Å². The molecule has 0 bridgehead atoms. The summed E-state index contributed by atoms with van der Waals surface area (Å²) in [5.41, 5.74) is 1.05. The Balaban J connectivity index is 2.94. The summed E-state index contributed by atoms with van der Waals surface area (Å²) >= 11 is 0.470. The van der Waals surface area contributed by atoms with Gasteiger partial charge in [-0.3, -0.25) is 9.69 Å². The molecule has 27 heavy (non-hydrogen) atoms. The van der Waals surface area contributed by atoms with Crippen LogP contribution in [0.5, 0.6) is 0 Å². The minimum atomic E-state index is -0.930. The molecule has 1 aromatic rings. The number of rotatable bonds is 8. The first-order valence-electron chi connectivity index (χ1n) is 8.97. The number of hydrogen-bond donors (Lipinski definition) is 1. The van der Waals surface area contributed by atoms with Crippen LogP contribution in [-0.4, -0.2) is 61.9 Å². The minimum Gasteiger partial charge on any atom is -0.466 e. The average molecular weight is 395 g/mol. The van der Waals surface area contributed by atoms with Crippen LogP contribution in [0.3, 0.4) is 0 Å². The monoisotopic (exact) mass is 395 g/mol. The molecule has 1 rings (SSSR count). The lowest BCUT2D eigenvalue weighted by Crippen LogP contribution is -2.53. The molecule has 1 atom stereocenters. The van der Waals surface area contributed by atoms with Crippen LogP contribution in [0.2, 0.25) is 0 Å². The molecule has 0 fully saturated rings. The zero-order valence-electron chi connectivity index (χ0n) is 17.1. The van der Waals surface area contributed by atoms with Crippen LogP contribution in [0.15, 0.2) is 24.3 Å². The highest BCUT2D eigenvalue weighted by Crippen LogP contribution is 2.21. The van der Waals surface area contributed by atoms with E-state index in [1.807, 2.05) is 24.3 Å². The van der Waals surface area contributed by atoms with E-state index in [1.54, 1.807) is 34.6 Å². The van der Waals surface area contributed by atoms with Crippen molar-refractivity contribution in [2.75, 3.05) is 13.4 Å². The van der Waals surface area contributed by atoms with E-state index < -0.39 is 23.1 Å². The van der Waals surface area contributed by atoms with Crippen molar-refractivity contribution in [3.8, 4) is 0 Å². The summed E-state index contributed by atoms with van der Waals surface area (Å²) in [7, 11) is 0. The third kappa shape index (κ3) is 8.31. The van der Waals surface area contributed by atoms with E-state index >= 15 is 0 Å². The van der Waals surface area contributed by atoms with Crippen molar-refractivity contribution in [1.29, 1.82) is 0 Å². The van der Waals surface area contributed by atoms with Crippen LogP contribution >= 0.6 is 0 Å². The fourth-order valence-corrected chi connectivity index (χ4v) is 2.82. The van der Waals surface area contributed by atoms with Gasteiger partial charge in [-0.1, -0.05) is 24.3 Å². The van der Waals surface area contributed by atoms with Crippen LogP contribution in [0.4, 0.5) is 4.79 Å². The number of carbonyl (C=O) groups is 2. The van der Waals surface area contributed by atoms with Crippen LogP contribution < -0.4 is 0 Å². The zero-order chi connectivity index (χ0) is 20.7. The first-order valence-corrected chi connectivity index (χ1v) is 9.97. The predicted octanol–water partition coefficient (Wildman–Crippen LogP) is 1.80. The number of aliphatic hydroxyl groups is 1. The number of ether oxygens (including phenoxy) is 3. The molecule has 0 heterocycles. The van der Waals surface area contributed by atoms with E-state index in [1.165, 1.54) is 4.90 Å². The largest absolute Gasteiger partial charge is 0.466 e. The fourth-order valence-electron chi connectivity index (χ4n) is 2.35. The molecule has 150 valence electrons. The van der Waals surface area contributed by atoms with Crippen molar-refractivity contribution >= 4 is 28.4 Å². The number of amides is 1. The molecular formula is C19H30AlNO6. The summed E-state index contributed by atoms with van der Waals surface area (Å²) < 4.78 is 14.9. The van der Waals surface area contributed by atoms with Crippen molar-refractivity contribution in [3.05, 3.63) is 35.4 Å². The van der Waals surface area contributed by atoms with Gasteiger partial charge in [-0.15, -0.1) is 0 Å². The van der Waals surface area contributed by atoms with Gasteiger partial charge < -0.3 is 19.3 Å². The molecule has 0 aliphatic carbocycles. The molecule has 0 aliphatic rings. The Morgan fingerprint density at radius 2 is 1.67 bits per heavy atom. The van der Waals surface area contributed by atoms with Gasteiger partial charge in [-0.2, -0.15) is 0 Å². The lowest BCUT2D eigenvalue weighted by atomic mass is 10.1. The van der Waals surface area contributed by atoms with Gasteiger partial charge in [0.05, 0.1) is 24.2 Å². The summed E-state index contributed by atoms with van der Waals surface area (Å²) in [5, 5.41) is 9.17. The molecule has 0 saturated heterocycles. The number of aliphatic hydroxyl groups excluding tert-OH is 1. The van der Waals surface area contributed by atoms with Crippen molar-refractivity contribution in [2.45, 2.75) is 57.8 Å². The van der Waals surface area contributed by atoms with Crippen LogP contribution in [0, 0.1) is 0 Å². The van der Waals surface area contributed by atoms with Crippen molar-refractivity contribution < 1.29 is 28.9 Å². The smallest absolute Gasteiger partial charge is 0.411 e. The van der Waals surface area contributed by atoms with Crippen LogP contribution in [0.1, 0.15) is 45.7 Å². The number of carbonyl (C=O) groups excluding carboxylic acids is 2. The Kier molecular flexibility index (Phi) is 8.77. The highest BCUT2D eigenvalue weighted by molar-refractivity contribution is 6.15. The SMILES string of the molecule is CCOC(=O)Cc1ccc(CN(C(=O)OC(C)(C)C)[C](C)([AlH2])OCO)cc1. The Hall–Kier alpha value is -1.59. The lowest BCUT2D eigenvalue weighted by Gasteiger charge is -2.39. The van der Waals surface area contributed by atoms with Gasteiger partial charge in [0.1, 0.15) is 12.4 Å². The van der Waals surface area contributed by atoms with Gasteiger partial charge in [0.2, 0.25) is 0 Å². The summed E-state index contributed by atoms with van der Waals surface area (Å²) in [4.78, 5) is 25.7. The maximum absolute atomic E-state index is 12.7. The van der Waals surface area contributed by atoms with E-state index in [-0.39, 0.29) is 18.9 Å². The molecule has 7 nitrogen and oxygen atoms in total. The van der Waals surface area contributed by atoms with Gasteiger partial charge in [-0.25, -0.2) is 4.79 Å². The summed E-state index contributed by atoms with van der Waals surface area (Å²) in [5.74, 6) is -0.274. The van der Waals surface area contributed by atoms with Crippen molar-refractivity contribution in [1.82, 2.24) is 4.90 Å². The number of esters is 1. The first kappa shape index (κ1) is 23.5. The van der Waals surface area contributed by atoms with Crippen molar-refractivity contribution in [3.63, 3.8) is 0 Å². The molecule has 8 heteroatoms. The molecule has 0 saturated carbocycles. The highest BCUT2D eigenvalue weighted by Gasteiger charge is 2.34.